The van der Waals surface area contributed by atoms with Gasteiger partial charge in [-0.2, -0.15) is 0 Å². The fourth-order valence-electron chi connectivity index (χ4n) is 1.49. The third-order valence-corrected chi connectivity index (χ3v) is 2.28. The van der Waals surface area contributed by atoms with Gasteiger partial charge < -0.3 is 10.2 Å². The predicted octanol–water partition coefficient (Wildman–Crippen LogP) is 5.06. The molecule has 18 heavy (non-hydrogen) atoms. The molecule has 0 aliphatic carbocycles. The minimum absolute atomic E-state index is 0.272. The number of rotatable bonds is 4. The van der Waals surface area contributed by atoms with Gasteiger partial charge in [-0.15, -0.1) is 0 Å². The summed E-state index contributed by atoms with van der Waals surface area (Å²) in [5, 5.41) is 18.4. The van der Waals surface area contributed by atoms with E-state index in [1.54, 1.807) is 25.1 Å². The lowest BCUT2D eigenvalue weighted by Gasteiger charge is -2.05. The number of aliphatic hydroxyl groups is 1. The first-order valence-electron chi connectivity index (χ1n) is 6.49. The average molecular weight is 248 g/mol. The predicted molar refractivity (Wildman–Crippen MR) is 78.7 cm³/mol. The van der Waals surface area contributed by atoms with Crippen LogP contribution in [0.5, 0.6) is 5.75 Å². The molecule has 0 aromatic heterocycles. The second-order valence-corrected chi connectivity index (χ2v) is 3.80. The van der Waals surface area contributed by atoms with Crippen LogP contribution in [0.25, 0.3) is 5.57 Å². The maximum Gasteiger partial charge on any atom is 0.115 e. The van der Waals surface area contributed by atoms with Crippen molar-refractivity contribution in [3.63, 3.8) is 0 Å². The Morgan fingerprint density at radius 2 is 1.67 bits per heavy atom. The van der Waals surface area contributed by atoms with E-state index in [1.807, 2.05) is 32.1 Å². The van der Waals surface area contributed by atoms with Gasteiger partial charge in [0, 0.05) is 0 Å². The number of hydrogen-bond donors (Lipinski definition) is 2. The second kappa shape index (κ2) is 9.34. The summed E-state index contributed by atoms with van der Waals surface area (Å²) in [6.07, 6.45) is 5.61. The Bertz CT molecular complexity index is 382. The SMILES string of the molecule is CC.CCC/C(=C\C=C(/C)O)c1ccc(O)cc1. The first-order valence-corrected chi connectivity index (χ1v) is 6.49. The van der Waals surface area contributed by atoms with E-state index in [1.165, 1.54) is 0 Å². The fraction of sp³-hybridized carbons (Fsp3) is 0.375. The van der Waals surface area contributed by atoms with E-state index < -0.39 is 0 Å². The van der Waals surface area contributed by atoms with E-state index >= 15 is 0 Å². The van der Waals surface area contributed by atoms with Gasteiger partial charge in [0.2, 0.25) is 0 Å². The normalized spacial score (nSPS) is 11.8. The van der Waals surface area contributed by atoms with Gasteiger partial charge in [0.25, 0.3) is 0 Å². The highest BCUT2D eigenvalue weighted by atomic mass is 16.3. The van der Waals surface area contributed by atoms with Crippen molar-refractivity contribution in [3.8, 4) is 5.75 Å². The summed E-state index contributed by atoms with van der Waals surface area (Å²) < 4.78 is 0. The van der Waals surface area contributed by atoms with Crippen molar-refractivity contribution in [2.24, 2.45) is 0 Å². The number of aromatic hydroxyl groups is 1. The lowest BCUT2D eigenvalue weighted by Crippen LogP contribution is -1.84. The molecular formula is C16H24O2. The Kier molecular flexibility index (Phi) is 8.46. The lowest BCUT2D eigenvalue weighted by atomic mass is 10.0. The average Bonchev–Trinajstić information content (AvgIpc) is 2.38. The van der Waals surface area contributed by atoms with Crippen molar-refractivity contribution in [3.05, 3.63) is 47.7 Å². The highest BCUT2D eigenvalue weighted by Crippen LogP contribution is 2.22. The molecule has 0 aliphatic rings. The number of phenolic OH excluding ortho intramolecular Hbond substituents is 1. The molecule has 1 rings (SSSR count). The first kappa shape index (κ1) is 16.3. The second-order valence-electron chi connectivity index (χ2n) is 3.80. The van der Waals surface area contributed by atoms with Crippen LogP contribution in [0.4, 0.5) is 0 Å². The van der Waals surface area contributed by atoms with Crippen LogP contribution in [0.3, 0.4) is 0 Å². The van der Waals surface area contributed by atoms with Gasteiger partial charge in [0.15, 0.2) is 0 Å². The Balaban J connectivity index is 0.00000137. The quantitative estimate of drug-likeness (QED) is 0.577. The van der Waals surface area contributed by atoms with Gasteiger partial charge in [0.1, 0.15) is 5.75 Å². The van der Waals surface area contributed by atoms with E-state index in [0.717, 1.165) is 24.0 Å². The summed E-state index contributed by atoms with van der Waals surface area (Å²) in [7, 11) is 0. The van der Waals surface area contributed by atoms with Gasteiger partial charge in [-0.1, -0.05) is 45.4 Å². The van der Waals surface area contributed by atoms with Crippen molar-refractivity contribution in [2.75, 3.05) is 0 Å². The molecule has 2 nitrogen and oxygen atoms in total. The number of phenols is 1. The fourth-order valence-corrected chi connectivity index (χ4v) is 1.49. The summed E-state index contributed by atoms with van der Waals surface area (Å²) in [6.45, 7) is 7.76. The molecular weight excluding hydrogens is 224 g/mol. The summed E-state index contributed by atoms with van der Waals surface area (Å²) in [6, 6.07) is 7.12. The van der Waals surface area contributed by atoms with E-state index in [0.29, 0.717) is 5.76 Å². The molecule has 0 spiro atoms. The van der Waals surface area contributed by atoms with Gasteiger partial charge in [-0.05, 0) is 42.7 Å². The van der Waals surface area contributed by atoms with Crippen LogP contribution in [0.2, 0.25) is 0 Å². The van der Waals surface area contributed by atoms with E-state index in [2.05, 4.69) is 6.92 Å². The van der Waals surface area contributed by atoms with Crippen molar-refractivity contribution in [2.45, 2.75) is 40.5 Å². The summed E-state index contributed by atoms with van der Waals surface area (Å²) >= 11 is 0. The molecule has 0 fully saturated rings. The highest BCUT2D eigenvalue weighted by molar-refractivity contribution is 5.67. The summed E-state index contributed by atoms with van der Waals surface area (Å²) in [5.41, 5.74) is 2.24. The third-order valence-electron chi connectivity index (χ3n) is 2.28. The number of aliphatic hydroxyl groups excluding tert-OH is 1. The number of hydrogen-bond acceptors (Lipinski definition) is 2. The smallest absolute Gasteiger partial charge is 0.115 e. The maximum atomic E-state index is 9.22. The topological polar surface area (TPSA) is 40.5 Å². The Morgan fingerprint density at radius 3 is 2.11 bits per heavy atom. The van der Waals surface area contributed by atoms with Crippen LogP contribution >= 0.6 is 0 Å². The van der Waals surface area contributed by atoms with Crippen molar-refractivity contribution in [1.29, 1.82) is 0 Å². The van der Waals surface area contributed by atoms with Crippen molar-refractivity contribution < 1.29 is 10.2 Å². The molecule has 0 amide bonds. The third kappa shape index (κ3) is 6.14. The summed E-state index contributed by atoms with van der Waals surface area (Å²) in [5.74, 6) is 0.570. The zero-order valence-electron chi connectivity index (χ0n) is 11.8. The maximum absolute atomic E-state index is 9.22. The van der Waals surface area contributed by atoms with Gasteiger partial charge in [-0.3, -0.25) is 0 Å². The van der Waals surface area contributed by atoms with E-state index in [4.69, 9.17) is 5.11 Å². The minimum atomic E-state index is 0.272. The molecule has 100 valence electrons. The Labute approximate surface area is 110 Å². The van der Waals surface area contributed by atoms with Gasteiger partial charge >= 0.3 is 0 Å². The van der Waals surface area contributed by atoms with Crippen LogP contribution in [0.15, 0.2) is 42.2 Å². The molecule has 1 aromatic carbocycles. The molecule has 0 bridgehead atoms. The molecule has 1 aromatic rings. The Morgan fingerprint density at radius 1 is 1.11 bits per heavy atom. The molecule has 0 aliphatic heterocycles. The van der Waals surface area contributed by atoms with Crippen LogP contribution < -0.4 is 0 Å². The van der Waals surface area contributed by atoms with E-state index in [-0.39, 0.29) is 5.75 Å². The lowest BCUT2D eigenvalue weighted by molar-refractivity contribution is 0.414. The zero-order valence-corrected chi connectivity index (χ0v) is 11.8. The first-order chi connectivity index (χ1) is 8.63. The van der Waals surface area contributed by atoms with Crippen LogP contribution in [0.1, 0.15) is 46.1 Å². The standard InChI is InChI=1S/C14H18O2.C2H6/c1-3-4-12(6-5-11(2)15)13-7-9-14(16)10-8-13;1-2/h5-10,15-16H,3-4H2,1-2H3;1-2H3/b11-5+,12-6+;. The largest absolute Gasteiger partial charge is 0.513 e. The number of allylic oxidation sites excluding steroid dienone is 4. The Hall–Kier alpha value is -1.70. The molecule has 0 saturated heterocycles. The molecule has 2 heteroatoms. The van der Waals surface area contributed by atoms with Crippen LogP contribution in [-0.2, 0) is 0 Å². The summed E-state index contributed by atoms with van der Waals surface area (Å²) in [4.78, 5) is 0. The van der Waals surface area contributed by atoms with Gasteiger partial charge in [-0.25, -0.2) is 0 Å². The van der Waals surface area contributed by atoms with Gasteiger partial charge in [0.05, 0.1) is 5.76 Å². The molecule has 0 saturated carbocycles. The van der Waals surface area contributed by atoms with Crippen molar-refractivity contribution in [1.82, 2.24) is 0 Å². The molecule has 0 unspecified atom stereocenters. The van der Waals surface area contributed by atoms with Crippen LogP contribution in [0, 0.1) is 0 Å². The number of benzene rings is 1. The van der Waals surface area contributed by atoms with E-state index in [9.17, 15) is 5.11 Å². The molecule has 0 radical (unpaired) electrons. The highest BCUT2D eigenvalue weighted by Gasteiger charge is 1.99. The van der Waals surface area contributed by atoms with Crippen LogP contribution in [-0.4, -0.2) is 10.2 Å². The molecule has 0 atom stereocenters. The zero-order chi connectivity index (χ0) is 14.0. The molecule has 2 N–H and O–H groups in total. The van der Waals surface area contributed by atoms with Crippen molar-refractivity contribution >= 4 is 5.57 Å². The minimum Gasteiger partial charge on any atom is -0.513 e. The molecule has 0 heterocycles. The monoisotopic (exact) mass is 248 g/mol.